The highest BCUT2D eigenvalue weighted by Crippen LogP contribution is 2.43. The van der Waals surface area contributed by atoms with E-state index < -0.39 is 0 Å². The molecule has 20 heavy (non-hydrogen) atoms. The van der Waals surface area contributed by atoms with Crippen molar-refractivity contribution < 1.29 is 9.47 Å². The first kappa shape index (κ1) is 13.8. The topological polar surface area (TPSA) is 44.5 Å². The molecular formula is C16H21NO2S. The predicted octanol–water partition coefficient (Wildman–Crippen LogP) is 3.19. The third kappa shape index (κ3) is 2.81. The molecule has 0 radical (unpaired) electrons. The average molecular weight is 291 g/mol. The van der Waals surface area contributed by atoms with Gasteiger partial charge in [0.25, 0.3) is 0 Å². The molecule has 1 aromatic rings. The fourth-order valence-electron chi connectivity index (χ4n) is 3.38. The van der Waals surface area contributed by atoms with Gasteiger partial charge in [0, 0.05) is 0 Å². The summed E-state index contributed by atoms with van der Waals surface area (Å²) in [6.45, 7) is 0.585. The van der Waals surface area contributed by atoms with E-state index in [1.54, 1.807) is 0 Å². The molecule has 2 aliphatic rings. The molecule has 3 rings (SSSR count). The van der Waals surface area contributed by atoms with Crippen molar-refractivity contribution in [2.24, 2.45) is 5.73 Å². The highest BCUT2D eigenvalue weighted by Gasteiger charge is 2.42. The second kappa shape index (κ2) is 5.70. The summed E-state index contributed by atoms with van der Waals surface area (Å²) >= 11 is 5.05. The van der Waals surface area contributed by atoms with Crippen LogP contribution in [0.25, 0.3) is 0 Å². The molecule has 4 heteroatoms. The molecule has 0 amide bonds. The summed E-state index contributed by atoms with van der Waals surface area (Å²) in [6.07, 6.45) is 7.51. The van der Waals surface area contributed by atoms with E-state index in [2.05, 4.69) is 0 Å². The van der Waals surface area contributed by atoms with E-state index in [0.717, 1.165) is 17.7 Å². The lowest BCUT2D eigenvalue weighted by Gasteiger charge is -2.24. The summed E-state index contributed by atoms with van der Waals surface area (Å²) in [5.74, 6) is 0.760. The van der Waals surface area contributed by atoms with Crippen molar-refractivity contribution in [2.45, 2.75) is 50.2 Å². The third-order valence-electron chi connectivity index (χ3n) is 4.43. The van der Waals surface area contributed by atoms with Crippen LogP contribution in [-0.4, -0.2) is 23.3 Å². The Morgan fingerprint density at radius 1 is 1.30 bits per heavy atom. The zero-order chi connectivity index (χ0) is 14.0. The highest BCUT2D eigenvalue weighted by molar-refractivity contribution is 7.80. The van der Waals surface area contributed by atoms with Crippen molar-refractivity contribution in [1.82, 2.24) is 0 Å². The molecule has 2 N–H and O–H groups in total. The van der Waals surface area contributed by atoms with Crippen LogP contribution in [0.5, 0.6) is 5.75 Å². The van der Waals surface area contributed by atoms with Crippen molar-refractivity contribution in [3.8, 4) is 5.75 Å². The molecule has 0 bridgehead atoms. The van der Waals surface area contributed by atoms with Gasteiger partial charge in [0.1, 0.15) is 17.3 Å². The summed E-state index contributed by atoms with van der Waals surface area (Å²) in [7, 11) is 0. The molecule has 1 aromatic carbocycles. The largest absolute Gasteiger partial charge is 0.490 e. The van der Waals surface area contributed by atoms with Gasteiger partial charge in [0.2, 0.25) is 0 Å². The number of benzene rings is 1. The first-order chi connectivity index (χ1) is 9.69. The van der Waals surface area contributed by atoms with E-state index >= 15 is 0 Å². The zero-order valence-corrected chi connectivity index (χ0v) is 12.5. The summed E-state index contributed by atoms with van der Waals surface area (Å²) in [6, 6.07) is 7.66. The minimum absolute atomic E-state index is 0.163. The second-order valence-electron chi connectivity index (χ2n) is 5.84. The lowest BCUT2D eigenvalue weighted by Crippen LogP contribution is -2.27. The quantitative estimate of drug-likeness (QED) is 0.865. The standard InChI is InChI=1S/C16H21NO2S/c17-15(20)13-5-1-2-6-14(13)18-11-12-7-10-16(19-12)8-3-4-9-16/h1-2,5-6,12H,3-4,7-11H2,(H2,17,20). The number of thiocarbonyl (C=S) groups is 1. The number of rotatable bonds is 4. The van der Waals surface area contributed by atoms with Crippen molar-refractivity contribution >= 4 is 17.2 Å². The molecule has 1 atom stereocenters. The number of hydrogen-bond acceptors (Lipinski definition) is 3. The summed E-state index contributed by atoms with van der Waals surface area (Å²) in [5.41, 5.74) is 6.68. The minimum atomic E-state index is 0.163. The van der Waals surface area contributed by atoms with Crippen LogP contribution in [0, 0.1) is 0 Å². The monoisotopic (exact) mass is 291 g/mol. The number of nitrogens with two attached hydrogens (primary N) is 1. The van der Waals surface area contributed by atoms with E-state index in [1.807, 2.05) is 24.3 Å². The number of hydrogen-bond donors (Lipinski definition) is 1. The Morgan fingerprint density at radius 3 is 2.80 bits per heavy atom. The molecule has 3 nitrogen and oxygen atoms in total. The third-order valence-corrected chi connectivity index (χ3v) is 4.65. The van der Waals surface area contributed by atoms with Gasteiger partial charge >= 0.3 is 0 Å². The Labute approximate surface area is 125 Å². The molecular weight excluding hydrogens is 270 g/mol. The van der Waals surface area contributed by atoms with Gasteiger partial charge in [0.15, 0.2) is 0 Å². The minimum Gasteiger partial charge on any atom is -0.490 e. The fraction of sp³-hybridized carbons (Fsp3) is 0.562. The van der Waals surface area contributed by atoms with Gasteiger partial charge in [-0.2, -0.15) is 0 Å². The summed E-state index contributed by atoms with van der Waals surface area (Å²) < 4.78 is 12.1. The van der Waals surface area contributed by atoms with Crippen molar-refractivity contribution in [3.63, 3.8) is 0 Å². The van der Waals surface area contributed by atoms with E-state index in [0.29, 0.717) is 11.6 Å². The first-order valence-electron chi connectivity index (χ1n) is 7.38. The number of ether oxygens (including phenoxy) is 2. The molecule has 1 saturated heterocycles. The van der Waals surface area contributed by atoms with Crippen molar-refractivity contribution in [2.75, 3.05) is 6.61 Å². The normalized spacial score (nSPS) is 24.1. The predicted molar refractivity (Wildman–Crippen MR) is 83.1 cm³/mol. The fourth-order valence-corrected chi connectivity index (χ4v) is 3.55. The molecule has 1 saturated carbocycles. The Kier molecular flexibility index (Phi) is 3.94. The van der Waals surface area contributed by atoms with Gasteiger partial charge in [-0.25, -0.2) is 0 Å². The molecule has 0 aromatic heterocycles. The van der Waals surface area contributed by atoms with Gasteiger partial charge in [0.05, 0.1) is 17.3 Å². The Morgan fingerprint density at radius 2 is 2.05 bits per heavy atom. The van der Waals surface area contributed by atoms with Gasteiger partial charge in [-0.1, -0.05) is 37.2 Å². The highest BCUT2D eigenvalue weighted by atomic mass is 32.1. The molecule has 1 aliphatic carbocycles. The second-order valence-corrected chi connectivity index (χ2v) is 6.28. The van der Waals surface area contributed by atoms with Crippen LogP contribution in [0.15, 0.2) is 24.3 Å². The maximum Gasteiger partial charge on any atom is 0.129 e. The van der Waals surface area contributed by atoms with E-state index in [-0.39, 0.29) is 11.7 Å². The molecule has 108 valence electrons. The molecule has 1 heterocycles. The van der Waals surface area contributed by atoms with Gasteiger partial charge in [-0.05, 0) is 37.8 Å². The Balaban J connectivity index is 1.59. The van der Waals surface area contributed by atoms with E-state index in [9.17, 15) is 0 Å². The maximum atomic E-state index is 6.24. The first-order valence-corrected chi connectivity index (χ1v) is 7.79. The van der Waals surface area contributed by atoms with E-state index in [4.69, 9.17) is 27.4 Å². The summed E-state index contributed by atoms with van der Waals surface area (Å²) in [4.78, 5) is 0.375. The van der Waals surface area contributed by atoms with Crippen LogP contribution >= 0.6 is 12.2 Å². The van der Waals surface area contributed by atoms with Crippen LogP contribution < -0.4 is 10.5 Å². The van der Waals surface area contributed by atoms with Crippen LogP contribution in [0.4, 0.5) is 0 Å². The van der Waals surface area contributed by atoms with Crippen LogP contribution in [-0.2, 0) is 4.74 Å². The molecule has 1 spiro atoms. The van der Waals surface area contributed by atoms with Crippen LogP contribution in [0.2, 0.25) is 0 Å². The lowest BCUT2D eigenvalue weighted by atomic mass is 9.98. The van der Waals surface area contributed by atoms with Crippen LogP contribution in [0.1, 0.15) is 44.1 Å². The maximum absolute atomic E-state index is 6.24. The smallest absolute Gasteiger partial charge is 0.129 e. The molecule has 1 unspecified atom stereocenters. The van der Waals surface area contributed by atoms with Crippen molar-refractivity contribution in [1.29, 1.82) is 0 Å². The number of para-hydroxylation sites is 1. The molecule has 2 fully saturated rings. The lowest BCUT2D eigenvalue weighted by molar-refractivity contribution is -0.0508. The molecule has 1 aliphatic heterocycles. The van der Waals surface area contributed by atoms with Gasteiger partial charge in [-0.15, -0.1) is 0 Å². The van der Waals surface area contributed by atoms with Gasteiger partial charge in [-0.3, -0.25) is 0 Å². The van der Waals surface area contributed by atoms with Gasteiger partial charge < -0.3 is 15.2 Å². The van der Waals surface area contributed by atoms with Crippen molar-refractivity contribution in [3.05, 3.63) is 29.8 Å². The van der Waals surface area contributed by atoms with Crippen LogP contribution in [0.3, 0.4) is 0 Å². The SMILES string of the molecule is NC(=S)c1ccccc1OCC1CCC2(CCCC2)O1. The average Bonchev–Trinajstić information content (AvgIpc) is 3.07. The Bertz CT molecular complexity index is 497. The Hall–Kier alpha value is -1.13. The zero-order valence-electron chi connectivity index (χ0n) is 11.6. The van der Waals surface area contributed by atoms with E-state index in [1.165, 1.54) is 32.1 Å². The summed E-state index contributed by atoms with van der Waals surface area (Å²) in [5, 5.41) is 0.